The molecule has 0 aliphatic heterocycles. The molecule has 3 aromatic rings. The highest BCUT2D eigenvalue weighted by molar-refractivity contribution is 5.96. The zero-order valence-corrected chi connectivity index (χ0v) is 15.2. The third-order valence-electron chi connectivity index (χ3n) is 4.01. The zero-order valence-electron chi connectivity index (χ0n) is 15.2. The van der Waals surface area contributed by atoms with Crippen molar-refractivity contribution < 1.29 is 23.8 Å². The maximum absolute atomic E-state index is 13.0. The average molecular weight is 395 g/mol. The van der Waals surface area contributed by atoms with Gasteiger partial charge in [-0.05, 0) is 60.7 Å². The number of rotatable bonds is 7. The Labute approximate surface area is 166 Å². The molecular formula is C21H18FN3O4. The number of primary amides is 1. The van der Waals surface area contributed by atoms with Crippen LogP contribution in [0.15, 0.2) is 66.7 Å². The highest BCUT2D eigenvalue weighted by atomic mass is 19.1. The van der Waals surface area contributed by atoms with Crippen LogP contribution in [0.2, 0.25) is 0 Å². The molecule has 0 aliphatic carbocycles. The van der Waals surface area contributed by atoms with E-state index in [1.165, 1.54) is 30.3 Å². The number of halogens is 1. The molecule has 0 fully saturated rings. The second kappa shape index (κ2) is 8.94. The molecule has 0 radical (unpaired) electrons. The minimum atomic E-state index is -1.18. The number of aliphatic hydroxyl groups excluding tert-OH is 1. The lowest BCUT2D eigenvalue weighted by atomic mass is 10.1. The molecule has 0 unspecified atom stereocenters. The first-order valence-corrected chi connectivity index (χ1v) is 8.68. The lowest BCUT2D eigenvalue weighted by Crippen LogP contribution is -2.47. The number of pyridine rings is 1. The largest absolute Gasteiger partial charge is 0.457 e. The minimum Gasteiger partial charge on any atom is -0.457 e. The van der Waals surface area contributed by atoms with Crippen molar-refractivity contribution in [1.82, 2.24) is 10.3 Å². The highest BCUT2D eigenvalue weighted by Gasteiger charge is 2.18. The Morgan fingerprint density at radius 3 is 2.24 bits per heavy atom. The molecule has 1 atom stereocenters. The van der Waals surface area contributed by atoms with Crippen molar-refractivity contribution >= 4 is 11.8 Å². The third-order valence-corrected chi connectivity index (χ3v) is 4.01. The third kappa shape index (κ3) is 5.14. The Bertz CT molecular complexity index is 1010. The number of hydrogen-bond donors (Lipinski definition) is 3. The van der Waals surface area contributed by atoms with Gasteiger partial charge in [0, 0.05) is 5.56 Å². The minimum absolute atomic E-state index is 0.0776. The number of nitrogens with zero attached hydrogens (tertiary/aromatic N) is 1. The van der Waals surface area contributed by atoms with E-state index in [-0.39, 0.29) is 11.5 Å². The van der Waals surface area contributed by atoms with Crippen LogP contribution in [0.5, 0.6) is 11.5 Å². The summed E-state index contributed by atoms with van der Waals surface area (Å²) in [5, 5.41) is 11.4. The first kappa shape index (κ1) is 20.0. The van der Waals surface area contributed by atoms with Crippen LogP contribution in [0, 0.1) is 5.82 Å². The van der Waals surface area contributed by atoms with Gasteiger partial charge in [-0.25, -0.2) is 9.37 Å². The van der Waals surface area contributed by atoms with Gasteiger partial charge in [-0.2, -0.15) is 0 Å². The van der Waals surface area contributed by atoms with Crippen molar-refractivity contribution in [1.29, 1.82) is 0 Å². The second-order valence-corrected chi connectivity index (χ2v) is 6.10. The fraction of sp³-hybridized carbons (Fsp3) is 0.0952. The van der Waals surface area contributed by atoms with Crippen molar-refractivity contribution in [3.05, 3.63) is 78.2 Å². The molecule has 0 aliphatic rings. The number of nitrogens with two attached hydrogens (primary N) is 1. The van der Waals surface area contributed by atoms with Gasteiger partial charge in [-0.15, -0.1) is 0 Å². The Hall–Kier alpha value is -3.78. The normalized spacial score (nSPS) is 11.5. The monoisotopic (exact) mass is 395 g/mol. The molecule has 0 spiro atoms. The van der Waals surface area contributed by atoms with Crippen LogP contribution in [0.25, 0.3) is 11.3 Å². The van der Waals surface area contributed by atoms with E-state index in [1.54, 1.807) is 36.4 Å². The highest BCUT2D eigenvalue weighted by Crippen LogP contribution is 2.25. The maximum Gasteiger partial charge on any atom is 0.270 e. The van der Waals surface area contributed by atoms with Crippen LogP contribution in [-0.4, -0.2) is 34.6 Å². The summed E-state index contributed by atoms with van der Waals surface area (Å²) in [6.45, 7) is -0.601. The number of carbonyl (C=O) groups is 2. The van der Waals surface area contributed by atoms with Crippen molar-refractivity contribution in [3.63, 3.8) is 0 Å². The van der Waals surface area contributed by atoms with E-state index in [0.29, 0.717) is 17.2 Å². The molecule has 2 amide bonds. The van der Waals surface area contributed by atoms with Crippen LogP contribution in [0.1, 0.15) is 10.5 Å². The van der Waals surface area contributed by atoms with Gasteiger partial charge in [-0.1, -0.05) is 6.07 Å². The fourth-order valence-corrected chi connectivity index (χ4v) is 2.49. The van der Waals surface area contributed by atoms with Gasteiger partial charge < -0.3 is 20.9 Å². The first-order chi connectivity index (χ1) is 14.0. The van der Waals surface area contributed by atoms with E-state index in [9.17, 15) is 14.0 Å². The smallest absolute Gasteiger partial charge is 0.270 e. The standard InChI is InChI=1S/C21H18FN3O4/c22-14-6-10-16(11-7-14)29-15-8-4-13(5-9-15)17-2-1-3-18(24-17)21(28)25-19(12-26)20(23)27/h1-11,19,26H,12H2,(H2,23,27)(H,25,28)/t19-/m0/s1. The topological polar surface area (TPSA) is 115 Å². The van der Waals surface area contributed by atoms with Crippen LogP contribution in [-0.2, 0) is 4.79 Å². The summed E-state index contributed by atoms with van der Waals surface area (Å²) >= 11 is 0. The van der Waals surface area contributed by atoms with Crippen molar-refractivity contribution in [2.24, 2.45) is 5.73 Å². The molecule has 0 saturated heterocycles. The number of amides is 2. The van der Waals surface area contributed by atoms with Crippen LogP contribution in [0.4, 0.5) is 4.39 Å². The first-order valence-electron chi connectivity index (χ1n) is 8.68. The lowest BCUT2D eigenvalue weighted by molar-refractivity contribution is -0.120. The van der Waals surface area contributed by atoms with E-state index in [2.05, 4.69) is 10.3 Å². The summed E-state index contributed by atoms with van der Waals surface area (Å²) in [7, 11) is 0. The Morgan fingerprint density at radius 1 is 1.03 bits per heavy atom. The van der Waals surface area contributed by atoms with Crippen molar-refractivity contribution in [2.45, 2.75) is 6.04 Å². The van der Waals surface area contributed by atoms with Crippen LogP contribution < -0.4 is 15.8 Å². The summed E-state index contributed by atoms with van der Waals surface area (Å²) < 4.78 is 18.6. The molecule has 0 saturated carbocycles. The van der Waals surface area contributed by atoms with Gasteiger partial charge in [0.05, 0.1) is 12.3 Å². The van der Waals surface area contributed by atoms with Crippen molar-refractivity contribution in [2.75, 3.05) is 6.61 Å². The van der Waals surface area contributed by atoms with E-state index < -0.39 is 24.5 Å². The molecule has 1 heterocycles. The Balaban J connectivity index is 1.73. The SMILES string of the molecule is NC(=O)[C@H](CO)NC(=O)c1cccc(-c2ccc(Oc3ccc(F)cc3)cc2)n1. The number of hydrogen-bond acceptors (Lipinski definition) is 5. The number of ether oxygens (including phenoxy) is 1. The van der Waals surface area contributed by atoms with E-state index in [0.717, 1.165) is 5.56 Å². The molecule has 148 valence electrons. The van der Waals surface area contributed by atoms with Crippen LogP contribution >= 0.6 is 0 Å². The predicted molar refractivity (Wildman–Crippen MR) is 104 cm³/mol. The van der Waals surface area contributed by atoms with Gasteiger partial charge in [-0.3, -0.25) is 9.59 Å². The molecule has 3 rings (SSSR count). The number of aromatic nitrogens is 1. The summed E-state index contributed by atoms with van der Waals surface area (Å²) in [6.07, 6.45) is 0. The number of carbonyl (C=O) groups excluding carboxylic acids is 2. The summed E-state index contributed by atoms with van der Waals surface area (Å²) in [4.78, 5) is 27.7. The Kier molecular flexibility index (Phi) is 6.16. The van der Waals surface area contributed by atoms with Crippen molar-refractivity contribution in [3.8, 4) is 22.8 Å². The van der Waals surface area contributed by atoms with E-state index in [4.69, 9.17) is 15.6 Å². The molecule has 1 aromatic heterocycles. The summed E-state index contributed by atoms with van der Waals surface area (Å²) in [5.74, 6) is -0.746. The quantitative estimate of drug-likeness (QED) is 0.568. The van der Waals surface area contributed by atoms with Crippen LogP contribution in [0.3, 0.4) is 0 Å². The molecular weight excluding hydrogens is 377 g/mol. The van der Waals surface area contributed by atoms with E-state index >= 15 is 0 Å². The molecule has 2 aromatic carbocycles. The molecule has 7 nitrogen and oxygen atoms in total. The zero-order chi connectivity index (χ0) is 20.8. The lowest BCUT2D eigenvalue weighted by Gasteiger charge is -2.12. The van der Waals surface area contributed by atoms with Gasteiger partial charge in [0.2, 0.25) is 5.91 Å². The maximum atomic E-state index is 13.0. The predicted octanol–water partition coefficient (Wildman–Crippen LogP) is 2.26. The number of nitrogens with one attached hydrogen (secondary N) is 1. The molecule has 4 N–H and O–H groups in total. The van der Waals surface area contributed by atoms with Gasteiger partial charge in [0.1, 0.15) is 29.1 Å². The summed E-state index contributed by atoms with van der Waals surface area (Å²) in [5.41, 5.74) is 6.45. The average Bonchev–Trinajstić information content (AvgIpc) is 2.74. The number of aliphatic hydroxyl groups is 1. The number of benzene rings is 2. The van der Waals surface area contributed by atoms with E-state index in [1.807, 2.05) is 0 Å². The summed E-state index contributed by atoms with van der Waals surface area (Å²) in [6, 6.07) is 16.3. The van der Waals surface area contributed by atoms with Gasteiger partial charge in [0.25, 0.3) is 5.91 Å². The fourth-order valence-electron chi connectivity index (χ4n) is 2.49. The van der Waals surface area contributed by atoms with Gasteiger partial charge in [0.15, 0.2) is 0 Å². The Morgan fingerprint density at radius 2 is 1.66 bits per heavy atom. The van der Waals surface area contributed by atoms with Gasteiger partial charge >= 0.3 is 0 Å². The molecule has 8 heteroatoms. The molecule has 29 heavy (non-hydrogen) atoms. The molecule has 0 bridgehead atoms. The second-order valence-electron chi connectivity index (χ2n) is 6.10.